The molecular formula is C15H20O4. The van der Waals surface area contributed by atoms with Gasteiger partial charge in [-0.15, -0.1) is 0 Å². The molecule has 4 heteroatoms. The molecule has 1 aromatic carbocycles. The zero-order valence-electron chi connectivity index (χ0n) is 11.6. The Balaban J connectivity index is 2.61. The van der Waals surface area contributed by atoms with E-state index >= 15 is 0 Å². The fourth-order valence-electron chi connectivity index (χ4n) is 1.34. The van der Waals surface area contributed by atoms with E-state index in [0.717, 1.165) is 12.8 Å². The van der Waals surface area contributed by atoms with Crippen molar-refractivity contribution in [1.82, 2.24) is 0 Å². The van der Waals surface area contributed by atoms with E-state index in [-0.39, 0.29) is 17.9 Å². The molecule has 0 heterocycles. The van der Waals surface area contributed by atoms with Crippen LogP contribution in [0.4, 0.5) is 0 Å². The lowest BCUT2D eigenvalue weighted by molar-refractivity contribution is -0.137. The molecule has 0 spiro atoms. The van der Waals surface area contributed by atoms with E-state index in [1.165, 1.54) is 0 Å². The van der Waals surface area contributed by atoms with Crippen molar-refractivity contribution in [2.75, 3.05) is 0 Å². The first-order valence-corrected chi connectivity index (χ1v) is 6.55. The number of ether oxygens (including phenoxy) is 2. The van der Waals surface area contributed by atoms with Crippen molar-refractivity contribution in [3.05, 3.63) is 24.3 Å². The Bertz CT molecular complexity index is 438. The number of esters is 2. The van der Waals surface area contributed by atoms with Gasteiger partial charge in [0.15, 0.2) is 0 Å². The van der Waals surface area contributed by atoms with E-state index in [0.29, 0.717) is 17.9 Å². The van der Waals surface area contributed by atoms with Gasteiger partial charge in [-0.05, 0) is 18.6 Å². The monoisotopic (exact) mass is 264 g/mol. The predicted molar refractivity (Wildman–Crippen MR) is 72.1 cm³/mol. The van der Waals surface area contributed by atoms with Crippen molar-refractivity contribution >= 4 is 11.9 Å². The number of carbonyl (C=O) groups is 2. The Hall–Kier alpha value is -1.84. The topological polar surface area (TPSA) is 52.6 Å². The Labute approximate surface area is 113 Å². The van der Waals surface area contributed by atoms with Gasteiger partial charge in [-0.3, -0.25) is 9.59 Å². The summed E-state index contributed by atoms with van der Waals surface area (Å²) in [5, 5.41) is 0. The lowest BCUT2D eigenvalue weighted by Crippen LogP contribution is -2.14. The summed E-state index contributed by atoms with van der Waals surface area (Å²) in [5.74, 6) is 0.00839. The van der Waals surface area contributed by atoms with Crippen LogP contribution in [0.25, 0.3) is 0 Å². The van der Waals surface area contributed by atoms with Crippen LogP contribution >= 0.6 is 0 Å². The first-order chi connectivity index (χ1) is 9.02. The Morgan fingerprint density at radius 1 is 1.16 bits per heavy atom. The molecule has 0 saturated carbocycles. The molecule has 0 amide bonds. The molecule has 0 aliphatic rings. The summed E-state index contributed by atoms with van der Waals surface area (Å²) in [6.07, 6.45) is 2.15. The molecule has 0 bridgehead atoms. The quantitative estimate of drug-likeness (QED) is 0.584. The summed E-state index contributed by atoms with van der Waals surface area (Å²) < 4.78 is 10.3. The van der Waals surface area contributed by atoms with E-state index in [1.807, 2.05) is 6.92 Å². The molecule has 1 rings (SSSR count). The van der Waals surface area contributed by atoms with Gasteiger partial charge in [0, 0.05) is 12.5 Å². The highest BCUT2D eigenvalue weighted by Crippen LogP contribution is 2.21. The van der Waals surface area contributed by atoms with Gasteiger partial charge in [-0.2, -0.15) is 0 Å². The van der Waals surface area contributed by atoms with Gasteiger partial charge in [-0.1, -0.05) is 33.3 Å². The van der Waals surface area contributed by atoms with Crippen LogP contribution in [-0.2, 0) is 9.59 Å². The standard InChI is InChI=1S/C15H20O4/c1-4-5-9-14(16)18-12-7-6-8-13(10-12)19-15(17)11(2)3/h6-8,10-11H,4-5,9H2,1-3H3. The van der Waals surface area contributed by atoms with Crippen LogP contribution in [0, 0.1) is 5.92 Å². The fraction of sp³-hybridized carbons (Fsp3) is 0.467. The number of rotatable bonds is 6. The average Bonchev–Trinajstić information content (AvgIpc) is 2.36. The van der Waals surface area contributed by atoms with Gasteiger partial charge in [0.05, 0.1) is 5.92 Å². The van der Waals surface area contributed by atoms with Crippen molar-refractivity contribution in [2.24, 2.45) is 5.92 Å². The second-order valence-corrected chi connectivity index (χ2v) is 4.63. The molecule has 0 unspecified atom stereocenters. The summed E-state index contributed by atoms with van der Waals surface area (Å²) in [4.78, 5) is 22.9. The smallest absolute Gasteiger partial charge is 0.313 e. The third-order valence-corrected chi connectivity index (χ3v) is 2.46. The molecule has 0 N–H and O–H groups in total. The molecule has 0 radical (unpaired) electrons. The molecule has 1 aromatic rings. The summed E-state index contributed by atoms with van der Waals surface area (Å²) in [6, 6.07) is 6.55. The molecule has 0 aromatic heterocycles. The largest absolute Gasteiger partial charge is 0.426 e. The molecule has 0 atom stereocenters. The summed E-state index contributed by atoms with van der Waals surface area (Å²) in [7, 11) is 0. The van der Waals surface area contributed by atoms with E-state index in [9.17, 15) is 9.59 Å². The predicted octanol–water partition coefficient (Wildman–Crippen LogP) is 3.34. The lowest BCUT2D eigenvalue weighted by atomic mass is 10.2. The van der Waals surface area contributed by atoms with Gasteiger partial charge in [0.1, 0.15) is 11.5 Å². The first kappa shape index (κ1) is 15.2. The van der Waals surface area contributed by atoms with Gasteiger partial charge >= 0.3 is 11.9 Å². The number of benzene rings is 1. The van der Waals surface area contributed by atoms with E-state index < -0.39 is 0 Å². The highest BCUT2D eigenvalue weighted by molar-refractivity contribution is 5.75. The van der Waals surface area contributed by atoms with Gasteiger partial charge < -0.3 is 9.47 Å². The number of carbonyl (C=O) groups excluding carboxylic acids is 2. The van der Waals surface area contributed by atoms with Crippen molar-refractivity contribution in [3.63, 3.8) is 0 Å². The third-order valence-electron chi connectivity index (χ3n) is 2.46. The Morgan fingerprint density at radius 2 is 1.79 bits per heavy atom. The van der Waals surface area contributed by atoms with Crippen LogP contribution < -0.4 is 9.47 Å². The van der Waals surface area contributed by atoms with E-state index in [1.54, 1.807) is 38.1 Å². The minimum Gasteiger partial charge on any atom is -0.426 e. The summed E-state index contributed by atoms with van der Waals surface area (Å²) in [6.45, 7) is 5.53. The average molecular weight is 264 g/mol. The van der Waals surface area contributed by atoms with E-state index in [2.05, 4.69) is 0 Å². The van der Waals surface area contributed by atoms with Crippen molar-refractivity contribution in [1.29, 1.82) is 0 Å². The van der Waals surface area contributed by atoms with Crippen LogP contribution in [0.1, 0.15) is 40.0 Å². The Morgan fingerprint density at radius 3 is 2.37 bits per heavy atom. The van der Waals surface area contributed by atoms with Crippen molar-refractivity contribution < 1.29 is 19.1 Å². The molecule has 4 nitrogen and oxygen atoms in total. The molecule has 0 fully saturated rings. The maximum Gasteiger partial charge on any atom is 0.313 e. The van der Waals surface area contributed by atoms with Crippen LogP contribution in [0.15, 0.2) is 24.3 Å². The molecule has 104 valence electrons. The van der Waals surface area contributed by atoms with E-state index in [4.69, 9.17) is 9.47 Å². The molecular weight excluding hydrogens is 244 g/mol. The summed E-state index contributed by atoms with van der Waals surface area (Å²) >= 11 is 0. The number of unbranched alkanes of at least 4 members (excludes halogenated alkanes) is 1. The van der Waals surface area contributed by atoms with Crippen LogP contribution in [0.2, 0.25) is 0 Å². The number of hydrogen-bond acceptors (Lipinski definition) is 4. The highest BCUT2D eigenvalue weighted by Gasteiger charge is 2.11. The van der Waals surface area contributed by atoms with Gasteiger partial charge in [-0.25, -0.2) is 0 Å². The molecule has 0 saturated heterocycles. The summed E-state index contributed by atoms with van der Waals surface area (Å²) in [5.41, 5.74) is 0. The molecule has 19 heavy (non-hydrogen) atoms. The second kappa shape index (κ2) is 7.56. The first-order valence-electron chi connectivity index (χ1n) is 6.55. The fourth-order valence-corrected chi connectivity index (χ4v) is 1.34. The van der Waals surface area contributed by atoms with Crippen molar-refractivity contribution in [2.45, 2.75) is 40.0 Å². The third kappa shape index (κ3) is 5.55. The lowest BCUT2D eigenvalue weighted by Gasteiger charge is -2.08. The normalized spacial score (nSPS) is 10.3. The zero-order chi connectivity index (χ0) is 14.3. The van der Waals surface area contributed by atoms with Crippen LogP contribution in [0.5, 0.6) is 11.5 Å². The second-order valence-electron chi connectivity index (χ2n) is 4.63. The molecule has 0 aliphatic carbocycles. The van der Waals surface area contributed by atoms with Crippen LogP contribution in [-0.4, -0.2) is 11.9 Å². The van der Waals surface area contributed by atoms with Crippen LogP contribution in [0.3, 0.4) is 0 Å². The minimum atomic E-state index is -0.311. The SMILES string of the molecule is CCCCC(=O)Oc1cccc(OC(=O)C(C)C)c1. The minimum absolute atomic E-state index is 0.198. The van der Waals surface area contributed by atoms with Gasteiger partial charge in [0.2, 0.25) is 0 Å². The maximum absolute atomic E-state index is 11.5. The van der Waals surface area contributed by atoms with Gasteiger partial charge in [0.25, 0.3) is 0 Å². The molecule has 0 aliphatic heterocycles. The highest BCUT2D eigenvalue weighted by atomic mass is 16.5. The number of hydrogen-bond donors (Lipinski definition) is 0. The maximum atomic E-state index is 11.5. The Kier molecular flexibility index (Phi) is 6.06. The zero-order valence-corrected chi connectivity index (χ0v) is 11.6. The van der Waals surface area contributed by atoms with Crippen molar-refractivity contribution in [3.8, 4) is 11.5 Å².